The molecule has 0 radical (unpaired) electrons. The molecule has 0 aliphatic heterocycles. The van der Waals surface area contributed by atoms with Gasteiger partial charge in [0.1, 0.15) is 0 Å². The lowest BCUT2D eigenvalue weighted by Gasteiger charge is -2.20. The Morgan fingerprint density at radius 1 is 1.31 bits per heavy atom. The number of aromatic nitrogens is 2. The van der Waals surface area contributed by atoms with Crippen LogP contribution < -0.4 is 0 Å². The van der Waals surface area contributed by atoms with Crippen molar-refractivity contribution in [2.24, 2.45) is 5.41 Å². The molecule has 3 rings (SSSR count). The molecule has 0 saturated carbocycles. The third-order valence-electron chi connectivity index (χ3n) is 4.72. The van der Waals surface area contributed by atoms with Crippen LogP contribution in [0.1, 0.15) is 44.9 Å². The summed E-state index contributed by atoms with van der Waals surface area (Å²) in [5.41, 5.74) is 4.15. The van der Waals surface area contributed by atoms with E-state index >= 15 is 0 Å². The van der Waals surface area contributed by atoms with Crippen molar-refractivity contribution >= 4 is 32.8 Å². The molecule has 2 heterocycles. The minimum absolute atomic E-state index is 0.268. The number of fused-ring (bicyclic) bond motifs is 1. The molecule has 1 aromatic carbocycles. The molecule has 0 aliphatic carbocycles. The van der Waals surface area contributed by atoms with Crippen LogP contribution in [0.3, 0.4) is 0 Å². The van der Waals surface area contributed by atoms with Crippen LogP contribution in [0.15, 0.2) is 41.0 Å². The lowest BCUT2D eigenvalue weighted by molar-refractivity contribution is -0.146. The van der Waals surface area contributed by atoms with Crippen LogP contribution in [-0.2, 0) is 11.2 Å². The van der Waals surface area contributed by atoms with Crippen LogP contribution in [0.2, 0.25) is 0 Å². The summed E-state index contributed by atoms with van der Waals surface area (Å²) in [5.74, 6) is -0.534. The van der Waals surface area contributed by atoms with Gasteiger partial charge in [0.2, 0.25) is 0 Å². The summed E-state index contributed by atoms with van der Waals surface area (Å²) >= 11 is 3.54. The predicted molar refractivity (Wildman–Crippen MR) is 108 cm³/mol. The molecule has 26 heavy (non-hydrogen) atoms. The molecule has 0 bridgehead atoms. The predicted octanol–water partition coefficient (Wildman–Crippen LogP) is 5.77. The largest absolute Gasteiger partial charge is 0.481 e. The fourth-order valence-corrected chi connectivity index (χ4v) is 3.60. The van der Waals surface area contributed by atoms with E-state index in [4.69, 9.17) is 0 Å². The van der Waals surface area contributed by atoms with E-state index in [2.05, 4.69) is 45.8 Å². The fourth-order valence-electron chi connectivity index (χ4n) is 3.24. The van der Waals surface area contributed by atoms with Gasteiger partial charge in [-0.1, -0.05) is 29.8 Å². The number of halogens is 1. The number of aromatic amines is 1. The molecule has 3 aromatic rings. The second kappa shape index (κ2) is 6.88. The molecule has 2 N–H and O–H groups in total. The number of aliphatic carboxylic acids is 1. The number of hydrogen-bond donors (Lipinski definition) is 2. The van der Waals surface area contributed by atoms with Gasteiger partial charge in [0.05, 0.1) is 16.8 Å². The third-order valence-corrected chi connectivity index (χ3v) is 5.21. The Balaban J connectivity index is 2.29. The monoisotopic (exact) mass is 414 g/mol. The first kappa shape index (κ1) is 18.6. The number of nitrogens with zero attached hydrogens (tertiary/aromatic N) is 1. The van der Waals surface area contributed by atoms with E-state index < -0.39 is 11.4 Å². The highest BCUT2D eigenvalue weighted by atomic mass is 79.9. The molecular formula is C21H23BrN2O2. The van der Waals surface area contributed by atoms with Crippen molar-refractivity contribution in [3.63, 3.8) is 0 Å². The molecule has 0 atom stereocenters. The number of carboxylic acids is 1. The highest BCUT2D eigenvalue weighted by Crippen LogP contribution is 2.38. The number of pyridine rings is 1. The first-order valence-corrected chi connectivity index (χ1v) is 9.49. The van der Waals surface area contributed by atoms with E-state index in [0.717, 1.165) is 37.9 Å². The topological polar surface area (TPSA) is 66.0 Å². The fraction of sp³-hybridized carbons (Fsp3) is 0.333. The zero-order valence-corrected chi connectivity index (χ0v) is 17.0. The van der Waals surface area contributed by atoms with E-state index in [-0.39, 0.29) is 5.92 Å². The molecule has 5 heteroatoms. The summed E-state index contributed by atoms with van der Waals surface area (Å²) in [6.45, 7) is 7.77. The summed E-state index contributed by atoms with van der Waals surface area (Å²) in [5, 5.41) is 10.7. The van der Waals surface area contributed by atoms with Crippen molar-refractivity contribution in [3.8, 4) is 11.3 Å². The third kappa shape index (κ3) is 3.40. The average Bonchev–Trinajstić information content (AvgIpc) is 2.92. The van der Waals surface area contributed by atoms with E-state index in [9.17, 15) is 9.90 Å². The van der Waals surface area contributed by atoms with Crippen molar-refractivity contribution in [2.75, 3.05) is 0 Å². The Morgan fingerprint density at radius 3 is 2.69 bits per heavy atom. The Kier molecular flexibility index (Phi) is 4.93. The van der Waals surface area contributed by atoms with Gasteiger partial charge in [0, 0.05) is 27.1 Å². The van der Waals surface area contributed by atoms with Gasteiger partial charge in [-0.15, -0.1) is 0 Å². The summed E-state index contributed by atoms with van der Waals surface area (Å²) in [4.78, 5) is 19.8. The Hall–Kier alpha value is -2.14. The van der Waals surface area contributed by atoms with Crippen LogP contribution >= 0.6 is 15.9 Å². The standard InChI is InChI=1S/C21H23BrN2O2/c1-12(2)18-14(6-5-9-23-18)19-16(11-21(3,4)20(25)26)15-10-13(22)7-8-17(15)24-19/h5-10,12,24H,11H2,1-4H3,(H,25,26). The SMILES string of the molecule is CC(C)c1ncccc1-c1[nH]c2ccc(Br)cc2c1CC(C)(C)C(=O)O. The number of rotatable bonds is 5. The molecule has 0 amide bonds. The molecule has 0 aliphatic rings. The molecule has 0 saturated heterocycles. The number of carboxylic acid groups (broad SMARTS) is 1. The average molecular weight is 415 g/mol. The smallest absolute Gasteiger partial charge is 0.309 e. The number of carbonyl (C=O) groups is 1. The van der Waals surface area contributed by atoms with Crippen LogP contribution in [-0.4, -0.2) is 21.0 Å². The number of nitrogens with one attached hydrogen (secondary N) is 1. The van der Waals surface area contributed by atoms with Gasteiger partial charge in [-0.3, -0.25) is 9.78 Å². The summed E-state index contributed by atoms with van der Waals surface area (Å²) < 4.78 is 0.972. The van der Waals surface area contributed by atoms with E-state index in [1.165, 1.54) is 0 Å². The lowest BCUT2D eigenvalue weighted by atomic mass is 9.83. The minimum atomic E-state index is -0.869. The van der Waals surface area contributed by atoms with E-state index in [1.54, 1.807) is 20.0 Å². The van der Waals surface area contributed by atoms with E-state index in [0.29, 0.717) is 6.42 Å². The van der Waals surface area contributed by atoms with Crippen LogP contribution in [0.25, 0.3) is 22.2 Å². The first-order chi connectivity index (χ1) is 12.2. The first-order valence-electron chi connectivity index (χ1n) is 8.69. The van der Waals surface area contributed by atoms with Gasteiger partial charge in [0.25, 0.3) is 0 Å². The molecule has 0 spiro atoms. The molecule has 0 unspecified atom stereocenters. The summed E-state index contributed by atoms with van der Waals surface area (Å²) in [6.07, 6.45) is 2.24. The zero-order valence-electron chi connectivity index (χ0n) is 15.4. The van der Waals surface area contributed by atoms with Crippen molar-refractivity contribution in [1.82, 2.24) is 9.97 Å². The molecule has 4 nitrogen and oxygen atoms in total. The summed E-state index contributed by atoms with van der Waals surface area (Å²) in [6, 6.07) is 10.0. The Bertz CT molecular complexity index is 973. The zero-order chi connectivity index (χ0) is 19.1. The summed E-state index contributed by atoms with van der Waals surface area (Å²) in [7, 11) is 0. The Labute approximate surface area is 161 Å². The van der Waals surface area contributed by atoms with Crippen molar-refractivity contribution in [1.29, 1.82) is 0 Å². The minimum Gasteiger partial charge on any atom is -0.481 e. The highest BCUT2D eigenvalue weighted by Gasteiger charge is 2.31. The van der Waals surface area contributed by atoms with Crippen LogP contribution in [0, 0.1) is 5.41 Å². The quantitative estimate of drug-likeness (QED) is 0.556. The van der Waals surface area contributed by atoms with E-state index in [1.807, 2.05) is 24.3 Å². The number of H-pyrrole nitrogens is 1. The van der Waals surface area contributed by atoms with Gasteiger partial charge in [0.15, 0.2) is 0 Å². The van der Waals surface area contributed by atoms with Crippen LogP contribution in [0.4, 0.5) is 0 Å². The molecule has 0 fully saturated rings. The van der Waals surface area contributed by atoms with Crippen LogP contribution in [0.5, 0.6) is 0 Å². The Morgan fingerprint density at radius 2 is 2.04 bits per heavy atom. The van der Waals surface area contributed by atoms with Crippen molar-refractivity contribution < 1.29 is 9.90 Å². The maximum atomic E-state index is 11.7. The van der Waals surface area contributed by atoms with Gasteiger partial charge in [-0.2, -0.15) is 0 Å². The van der Waals surface area contributed by atoms with Gasteiger partial charge in [-0.25, -0.2) is 0 Å². The van der Waals surface area contributed by atoms with Crippen molar-refractivity contribution in [3.05, 3.63) is 52.3 Å². The second-order valence-electron chi connectivity index (χ2n) is 7.63. The van der Waals surface area contributed by atoms with Gasteiger partial charge < -0.3 is 10.1 Å². The highest BCUT2D eigenvalue weighted by molar-refractivity contribution is 9.10. The molecule has 136 valence electrons. The number of benzene rings is 1. The van der Waals surface area contributed by atoms with Gasteiger partial charge in [-0.05, 0) is 62.1 Å². The van der Waals surface area contributed by atoms with Crippen molar-refractivity contribution in [2.45, 2.75) is 40.0 Å². The molecular weight excluding hydrogens is 392 g/mol. The maximum absolute atomic E-state index is 11.7. The van der Waals surface area contributed by atoms with Gasteiger partial charge >= 0.3 is 5.97 Å². The number of hydrogen-bond acceptors (Lipinski definition) is 2. The molecule has 2 aromatic heterocycles. The maximum Gasteiger partial charge on any atom is 0.309 e. The lowest BCUT2D eigenvalue weighted by Crippen LogP contribution is -2.26. The normalized spacial score (nSPS) is 12.1. The second-order valence-corrected chi connectivity index (χ2v) is 8.54.